The maximum absolute atomic E-state index is 12.6. The molecule has 2 aromatic rings. The van der Waals surface area contributed by atoms with Crippen LogP contribution < -0.4 is 0 Å². The van der Waals surface area contributed by atoms with Gasteiger partial charge in [-0.2, -0.15) is 20.5 Å². The quantitative estimate of drug-likeness (QED) is 0.874. The molecule has 8 nitrogen and oxygen atoms in total. The second-order valence-electron chi connectivity index (χ2n) is 6.48. The van der Waals surface area contributed by atoms with Crippen molar-refractivity contribution in [2.75, 3.05) is 13.1 Å². The molecule has 3 heterocycles. The summed E-state index contributed by atoms with van der Waals surface area (Å²) < 4.78 is 1.92. The molecule has 1 aliphatic heterocycles. The minimum Gasteiger partial charge on any atom is -0.381 e. The summed E-state index contributed by atoms with van der Waals surface area (Å²) in [5.41, 5.74) is -0.206. The average molecular weight is 316 g/mol. The van der Waals surface area contributed by atoms with Gasteiger partial charge in [0.25, 0.3) is 5.91 Å². The first-order valence-electron chi connectivity index (χ1n) is 8.09. The lowest BCUT2D eigenvalue weighted by atomic mass is 10.00. The molecule has 1 atom stereocenters. The van der Waals surface area contributed by atoms with E-state index in [0.29, 0.717) is 30.4 Å². The number of β-amino-alcohol motifs (C(OH)–C–C–N with tert-alkyl or cyclic N) is 1. The monoisotopic (exact) mass is 316 g/mol. The molecule has 8 heteroatoms. The van der Waals surface area contributed by atoms with Crippen LogP contribution in [-0.4, -0.2) is 54.2 Å². The van der Waals surface area contributed by atoms with E-state index in [2.05, 4.69) is 20.5 Å². The number of carbonyl (C=O) groups is 1. The summed E-state index contributed by atoms with van der Waals surface area (Å²) in [6, 6.07) is 2.19. The highest BCUT2D eigenvalue weighted by Crippen LogP contribution is 2.31. The fourth-order valence-electron chi connectivity index (χ4n) is 3.59. The van der Waals surface area contributed by atoms with E-state index in [9.17, 15) is 9.90 Å². The van der Waals surface area contributed by atoms with Crippen LogP contribution in [0.4, 0.5) is 0 Å². The summed E-state index contributed by atoms with van der Waals surface area (Å²) in [7, 11) is 0. The van der Waals surface area contributed by atoms with Crippen molar-refractivity contribution in [1.29, 1.82) is 0 Å². The van der Waals surface area contributed by atoms with Crippen molar-refractivity contribution < 1.29 is 9.90 Å². The molecule has 2 aliphatic rings. The minimum absolute atomic E-state index is 0.138. The Morgan fingerprint density at radius 3 is 2.96 bits per heavy atom. The van der Waals surface area contributed by atoms with Gasteiger partial charge in [-0.25, -0.2) is 0 Å². The van der Waals surface area contributed by atoms with E-state index >= 15 is 0 Å². The van der Waals surface area contributed by atoms with Gasteiger partial charge in [-0.05, 0) is 18.9 Å². The van der Waals surface area contributed by atoms with Gasteiger partial charge in [0.15, 0.2) is 0 Å². The number of aliphatic hydroxyl groups is 1. The third kappa shape index (κ3) is 2.52. The molecule has 0 radical (unpaired) electrons. The fraction of sp³-hybridized carbons (Fsp3) is 0.600. The number of rotatable bonds is 3. The van der Waals surface area contributed by atoms with Gasteiger partial charge in [-0.15, -0.1) is 0 Å². The molecule has 1 amide bonds. The number of nitrogens with one attached hydrogen (secondary N) is 1. The highest BCUT2D eigenvalue weighted by atomic mass is 16.3. The zero-order chi connectivity index (χ0) is 15.9. The van der Waals surface area contributed by atoms with Crippen LogP contribution in [-0.2, 0) is 5.60 Å². The van der Waals surface area contributed by atoms with Crippen molar-refractivity contribution in [2.24, 2.45) is 0 Å². The van der Waals surface area contributed by atoms with Gasteiger partial charge in [-0.3, -0.25) is 9.48 Å². The van der Waals surface area contributed by atoms with Gasteiger partial charge in [0.2, 0.25) is 0 Å². The van der Waals surface area contributed by atoms with Crippen molar-refractivity contribution in [1.82, 2.24) is 30.1 Å². The molecule has 1 saturated heterocycles. The number of hydrogen-bond acceptors (Lipinski definition) is 5. The average Bonchev–Trinajstić information content (AvgIpc) is 3.29. The van der Waals surface area contributed by atoms with E-state index in [1.165, 1.54) is 19.0 Å². The smallest absolute Gasteiger partial charge is 0.274 e. The van der Waals surface area contributed by atoms with Crippen molar-refractivity contribution >= 4 is 5.91 Å². The summed E-state index contributed by atoms with van der Waals surface area (Å²) in [5.74, 6) is -0.138. The van der Waals surface area contributed by atoms with E-state index in [-0.39, 0.29) is 12.5 Å². The Kier molecular flexibility index (Phi) is 3.41. The number of amides is 1. The number of nitrogens with zero attached hydrogens (tertiary/aromatic N) is 5. The molecular weight excluding hydrogens is 296 g/mol. The van der Waals surface area contributed by atoms with Crippen molar-refractivity contribution in [3.05, 3.63) is 29.8 Å². The number of aromatic nitrogens is 5. The second kappa shape index (κ2) is 5.45. The number of likely N-dealkylation sites (tertiary alicyclic amines) is 1. The Bertz CT molecular complexity index is 691. The number of carbonyl (C=O) groups excluding carboxylic acids is 1. The van der Waals surface area contributed by atoms with E-state index < -0.39 is 5.60 Å². The van der Waals surface area contributed by atoms with E-state index in [1.54, 1.807) is 11.0 Å². The number of H-pyrrole nitrogens is 1. The van der Waals surface area contributed by atoms with Crippen LogP contribution in [0, 0.1) is 0 Å². The highest BCUT2D eigenvalue weighted by Gasteiger charge is 2.42. The molecule has 0 spiro atoms. The lowest BCUT2D eigenvalue weighted by Gasteiger charge is -2.20. The molecule has 23 heavy (non-hydrogen) atoms. The summed E-state index contributed by atoms with van der Waals surface area (Å²) in [6.07, 6.45) is 8.56. The molecule has 2 N–H and O–H groups in total. The molecule has 4 rings (SSSR count). The Labute approximate surface area is 133 Å². The molecule has 1 saturated carbocycles. The Balaban J connectivity index is 1.47. The third-order valence-electron chi connectivity index (χ3n) is 4.95. The van der Waals surface area contributed by atoms with E-state index in [0.717, 1.165) is 12.8 Å². The van der Waals surface area contributed by atoms with Gasteiger partial charge in [0.1, 0.15) is 17.0 Å². The summed E-state index contributed by atoms with van der Waals surface area (Å²) in [6.45, 7) is 0.702. The largest absolute Gasteiger partial charge is 0.381 e. The van der Waals surface area contributed by atoms with Crippen molar-refractivity contribution in [2.45, 2.75) is 43.7 Å². The van der Waals surface area contributed by atoms with Gasteiger partial charge in [0.05, 0.1) is 18.8 Å². The molecule has 1 aliphatic carbocycles. The van der Waals surface area contributed by atoms with Crippen molar-refractivity contribution in [3.8, 4) is 0 Å². The Hall–Kier alpha value is -2.22. The van der Waals surface area contributed by atoms with E-state index in [1.807, 2.05) is 10.9 Å². The minimum atomic E-state index is -1.13. The lowest BCUT2D eigenvalue weighted by molar-refractivity contribution is 0.0380. The van der Waals surface area contributed by atoms with Gasteiger partial charge < -0.3 is 10.0 Å². The first kappa shape index (κ1) is 14.4. The van der Waals surface area contributed by atoms with Crippen LogP contribution in [0.1, 0.15) is 54.3 Å². The first-order valence-corrected chi connectivity index (χ1v) is 8.09. The van der Waals surface area contributed by atoms with Crippen LogP contribution in [0.25, 0.3) is 0 Å². The third-order valence-corrected chi connectivity index (χ3v) is 4.95. The number of aromatic amines is 1. The van der Waals surface area contributed by atoms with Crippen LogP contribution in [0.3, 0.4) is 0 Å². The zero-order valence-electron chi connectivity index (χ0n) is 12.9. The van der Waals surface area contributed by atoms with Crippen LogP contribution in [0.5, 0.6) is 0 Å². The highest BCUT2D eigenvalue weighted by molar-refractivity contribution is 5.92. The van der Waals surface area contributed by atoms with Crippen LogP contribution in [0.2, 0.25) is 0 Å². The predicted molar refractivity (Wildman–Crippen MR) is 80.5 cm³/mol. The van der Waals surface area contributed by atoms with Crippen molar-refractivity contribution in [3.63, 3.8) is 0 Å². The molecule has 1 unspecified atom stereocenters. The van der Waals surface area contributed by atoms with Gasteiger partial charge in [0, 0.05) is 19.2 Å². The predicted octanol–water partition coefficient (Wildman–Crippen LogP) is 0.850. The molecule has 0 bridgehead atoms. The van der Waals surface area contributed by atoms with Gasteiger partial charge >= 0.3 is 0 Å². The normalized spacial score (nSPS) is 25.3. The maximum Gasteiger partial charge on any atom is 0.274 e. The molecule has 2 fully saturated rings. The summed E-state index contributed by atoms with van der Waals surface area (Å²) in [4.78, 5) is 14.3. The summed E-state index contributed by atoms with van der Waals surface area (Å²) in [5, 5.41) is 25.3. The fourth-order valence-corrected chi connectivity index (χ4v) is 3.59. The Morgan fingerprint density at radius 1 is 1.39 bits per heavy atom. The lowest BCUT2D eigenvalue weighted by Crippen LogP contribution is -2.35. The topological polar surface area (TPSA) is 99.9 Å². The number of hydrogen-bond donors (Lipinski definition) is 2. The molecule has 2 aromatic heterocycles. The van der Waals surface area contributed by atoms with Crippen LogP contribution in [0.15, 0.2) is 18.5 Å². The SMILES string of the molecule is O=C(c1ccn(C2CCCC2)n1)N1CCC(O)(c2cn[nH]n2)C1. The standard InChI is InChI=1S/C15H20N6O2/c22-14(12-5-7-21(18-12)11-3-1-2-4-11)20-8-6-15(23,10-20)13-9-16-19-17-13/h5,7,9,11,23H,1-4,6,8,10H2,(H,16,17,19). The second-order valence-corrected chi connectivity index (χ2v) is 6.48. The van der Waals surface area contributed by atoms with Crippen LogP contribution >= 0.6 is 0 Å². The maximum atomic E-state index is 12.6. The van der Waals surface area contributed by atoms with E-state index in [4.69, 9.17) is 0 Å². The van der Waals surface area contributed by atoms with Gasteiger partial charge in [-0.1, -0.05) is 12.8 Å². The molecule has 122 valence electrons. The zero-order valence-corrected chi connectivity index (χ0v) is 12.9. The molecular formula is C15H20N6O2. The summed E-state index contributed by atoms with van der Waals surface area (Å²) >= 11 is 0. The Morgan fingerprint density at radius 2 is 2.22 bits per heavy atom. The first-order chi connectivity index (χ1) is 11.2. The molecule has 0 aromatic carbocycles.